The van der Waals surface area contributed by atoms with Gasteiger partial charge in [0.2, 0.25) is 112 Å². The van der Waals surface area contributed by atoms with E-state index in [9.17, 15) is 126 Å². The molecule has 17 atom stereocenters. The number of amides is 19. The minimum Gasteiger partial charge on any atom is -0.481 e. The third-order valence-corrected chi connectivity index (χ3v) is 25.2. The van der Waals surface area contributed by atoms with E-state index in [-0.39, 0.29) is 152 Å². The van der Waals surface area contributed by atoms with Gasteiger partial charge in [-0.3, -0.25) is 107 Å². The summed E-state index contributed by atoms with van der Waals surface area (Å²) < 4.78 is 0. The van der Waals surface area contributed by atoms with Crippen molar-refractivity contribution in [3.05, 3.63) is 35.9 Å². The van der Waals surface area contributed by atoms with Gasteiger partial charge in [0.1, 0.15) is 96.9 Å². The summed E-state index contributed by atoms with van der Waals surface area (Å²) in [7, 11) is 1.97. The fourth-order valence-electron chi connectivity index (χ4n) is 14.0. The highest BCUT2D eigenvalue weighted by atomic mass is 33.1. The Morgan fingerprint density at radius 3 is 1.36 bits per heavy atom. The number of aliphatic hydroxyl groups is 4. The molecule has 19 amide bonds. The first-order chi connectivity index (χ1) is 68.7. The number of thioether (sulfide) groups is 1. The van der Waals surface area contributed by atoms with E-state index in [4.69, 9.17) is 33.8 Å². The standard InChI is InChI=1S/C89H151N27O26S3/c1-10-50(8)72-87(142)114-64(45-121)84(139)113-63(44-120)83(138)112-62(43-119)82(137)111-61(42-118)75(130)100-39-68(124)104-58(35-48(4)5)73(128)98-40-69(125)105-65(85(140)108-55(23-15-17-29-91)79(134)115-71(49(6)7)86(141)101-52(41-117)34-47(2)3)46-145-144-33-27-66(122)103-59(36-51-20-12-11-13-21-51)74(129)99-38-67(123)102-53(24-18-30-96-88(92)93)76(131)106-54(22-14-16-28-90)77(132)109-57(26-32-143-9)78(133)110-60(37-70(126)127)81(136)107-56(80(135)116-72)25-19-31-97-89(94)95/h11-13,20-21,41,47-50,52-65,71-72,118-121H,10,14-19,22-40,42-46,90-91H2,1-9H3,(H,98,128)(H,99,129)(H,100,130)(H,101,141)(H,102,123)(H,103,122)(H,104,124)(H,105,125)(H,106,131)(H,107,136)(H,108,140)(H,109,132)(H,110,133)(H,111,137)(H,112,138)(H,113,139)(H,114,142)(H,115,134)(H,116,135)(H,126,127)(H4,92,93,96)(H4,94,95,97). The summed E-state index contributed by atoms with van der Waals surface area (Å²) >= 11 is 1.20. The van der Waals surface area contributed by atoms with Crippen molar-refractivity contribution in [1.29, 1.82) is 10.8 Å². The number of unbranched alkanes of at least 4 members (excludes halogenated alkanes) is 2. The fraction of sp³-hybridized carbons (Fsp3) is 0.674. The van der Waals surface area contributed by atoms with Gasteiger partial charge in [-0.05, 0) is 138 Å². The van der Waals surface area contributed by atoms with E-state index in [1.807, 2.05) is 19.2 Å². The van der Waals surface area contributed by atoms with Gasteiger partial charge in [0.05, 0.1) is 58.5 Å². The number of rotatable bonds is 41. The van der Waals surface area contributed by atoms with E-state index in [1.54, 1.807) is 71.2 Å². The Kier molecular flexibility index (Phi) is 63.2. The Morgan fingerprint density at radius 2 is 0.897 bits per heavy atom. The number of carbonyl (C=O) groups is 21. The quantitative estimate of drug-likeness (QED) is 0.00952. The number of nitrogens with one attached hydrogen (secondary N) is 23. The summed E-state index contributed by atoms with van der Waals surface area (Å²) in [6.45, 7) is 5.89. The van der Waals surface area contributed by atoms with E-state index in [0.717, 1.165) is 21.6 Å². The van der Waals surface area contributed by atoms with Gasteiger partial charge >= 0.3 is 5.97 Å². The topological polar surface area (TPSA) is 864 Å². The molecule has 36 N–H and O–H groups in total. The highest BCUT2D eigenvalue weighted by molar-refractivity contribution is 8.76. The molecule has 1 aliphatic rings. The van der Waals surface area contributed by atoms with Crippen LogP contribution in [-0.2, 0) is 107 Å². The van der Waals surface area contributed by atoms with E-state index in [1.165, 1.54) is 18.7 Å². The molecule has 816 valence electrons. The molecule has 0 saturated carbocycles. The van der Waals surface area contributed by atoms with Crippen molar-refractivity contribution in [3.8, 4) is 0 Å². The minimum absolute atomic E-state index is 0.00893. The lowest BCUT2D eigenvalue weighted by molar-refractivity contribution is -0.142. The molecular weight excluding hydrogens is 1960 g/mol. The molecule has 0 radical (unpaired) electrons. The van der Waals surface area contributed by atoms with Gasteiger partial charge in [-0.2, -0.15) is 11.8 Å². The van der Waals surface area contributed by atoms with E-state index < -0.39 is 291 Å². The van der Waals surface area contributed by atoms with Crippen LogP contribution in [0.3, 0.4) is 0 Å². The summed E-state index contributed by atoms with van der Waals surface area (Å²) in [5.74, 6) is -24.9. The first-order valence-electron chi connectivity index (χ1n) is 47.8. The maximum atomic E-state index is 14.7. The molecule has 1 saturated heterocycles. The lowest BCUT2D eigenvalue weighted by atomic mass is 9.97. The Labute approximate surface area is 853 Å². The predicted octanol–water partition coefficient (Wildman–Crippen LogP) is -9.91. The van der Waals surface area contributed by atoms with E-state index >= 15 is 0 Å². The van der Waals surface area contributed by atoms with Crippen LogP contribution in [-0.4, -0.2) is 354 Å². The Hall–Kier alpha value is -12.4. The summed E-state index contributed by atoms with van der Waals surface area (Å²) in [6, 6.07) is -17.8. The van der Waals surface area contributed by atoms with Crippen LogP contribution in [0.4, 0.5) is 0 Å². The van der Waals surface area contributed by atoms with Gasteiger partial charge in [0, 0.05) is 37.4 Å². The predicted molar refractivity (Wildman–Crippen MR) is 537 cm³/mol. The van der Waals surface area contributed by atoms with Gasteiger partial charge in [-0.25, -0.2) is 0 Å². The molecule has 1 fully saturated rings. The lowest BCUT2D eigenvalue weighted by Crippen LogP contribution is -2.62. The van der Waals surface area contributed by atoms with Crippen LogP contribution in [0.5, 0.6) is 0 Å². The fourth-order valence-corrected chi connectivity index (χ4v) is 16.7. The van der Waals surface area contributed by atoms with Gasteiger partial charge in [-0.1, -0.05) is 114 Å². The first-order valence-corrected chi connectivity index (χ1v) is 51.7. The van der Waals surface area contributed by atoms with Gasteiger partial charge in [-0.15, -0.1) is 0 Å². The molecule has 56 heteroatoms. The zero-order valence-electron chi connectivity index (χ0n) is 83.3. The number of nitrogens with two attached hydrogens (primary N) is 4. The number of carboxylic acids is 1. The van der Waals surface area contributed by atoms with Gasteiger partial charge < -0.3 is 165 Å². The van der Waals surface area contributed by atoms with Crippen LogP contribution in [0, 0.1) is 34.5 Å². The number of aldehydes is 1. The van der Waals surface area contributed by atoms with Crippen LogP contribution in [0.25, 0.3) is 0 Å². The second-order valence-corrected chi connectivity index (χ2v) is 39.1. The molecule has 0 aromatic heterocycles. The van der Waals surface area contributed by atoms with Gasteiger partial charge in [0.15, 0.2) is 11.9 Å². The molecule has 53 nitrogen and oxygen atoms in total. The molecule has 145 heavy (non-hydrogen) atoms. The van der Waals surface area contributed by atoms with Gasteiger partial charge in [0.25, 0.3) is 0 Å². The zero-order chi connectivity index (χ0) is 109. The number of aliphatic carboxylic acids is 1. The second-order valence-electron chi connectivity index (χ2n) is 35.5. The molecule has 0 aliphatic carbocycles. The Balaban J connectivity index is 2.93. The SMILES string of the molecule is CCC(C)C1NC(=O)C(CCCNC(=N)N)NC(=O)C(CC(=O)O)NC(=O)C(CCSC)NC(=O)C(CCCCN)NC(=O)C(CCCNC(=N)N)NC(=O)CNC(=O)C(Cc2ccccc2)NC(=O)CCSSCC(C(=O)NC(CCCCN)C(=O)NC(C(=O)NC(C=O)CC(C)C)C(C)C)NC(=O)CNC(=O)C(CC(C)C)NC(=O)CNC(=O)C(CO)NC(=O)C(CO)NC(=O)C(CO)NC(=O)C(CO)NC1=O. The van der Waals surface area contributed by atoms with Crippen molar-refractivity contribution in [3.63, 3.8) is 0 Å². The third-order valence-electron chi connectivity index (χ3n) is 22.1. The summed E-state index contributed by atoms with van der Waals surface area (Å²) in [4.78, 5) is 294. The van der Waals surface area contributed by atoms with Crippen LogP contribution in [0.15, 0.2) is 30.3 Å². The monoisotopic (exact) mass is 2110 g/mol. The van der Waals surface area contributed by atoms with Crippen LogP contribution < -0.4 is 135 Å². The van der Waals surface area contributed by atoms with E-state index in [2.05, 4.69) is 106 Å². The summed E-state index contributed by atoms with van der Waals surface area (Å²) in [5, 5.41) is 118. The number of hydrogen-bond donors (Lipinski definition) is 32. The average molecular weight is 2110 g/mol. The minimum atomic E-state index is -2.06. The maximum absolute atomic E-state index is 14.7. The molecule has 0 bridgehead atoms. The smallest absolute Gasteiger partial charge is 0.305 e. The number of carboxylic acid groups (broad SMARTS) is 1. The molecule has 1 aliphatic heterocycles. The maximum Gasteiger partial charge on any atom is 0.305 e. The van der Waals surface area contributed by atoms with Crippen molar-refractivity contribution in [2.24, 2.45) is 46.6 Å². The first kappa shape index (κ1) is 129. The van der Waals surface area contributed by atoms with Crippen LogP contribution in [0.2, 0.25) is 0 Å². The van der Waals surface area contributed by atoms with E-state index in [0.29, 0.717) is 18.3 Å². The molecular formula is C89H151N27O26S3. The van der Waals surface area contributed by atoms with Crippen molar-refractivity contribution < 1.29 is 126 Å². The Morgan fingerprint density at radius 1 is 0.476 bits per heavy atom. The number of carbonyl (C=O) groups excluding carboxylic acids is 20. The van der Waals surface area contributed by atoms with Crippen molar-refractivity contribution in [2.75, 3.05) is 95.8 Å². The van der Waals surface area contributed by atoms with Crippen molar-refractivity contribution in [2.45, 2.75) is 261 Å². The Bertz CT molecular complexity index is 4420. The van der Waals surface area contributed by atoms with Crippen LogP contribution in [0.1, 0.15) is 164 Å². The molecule has 1 aromatic carbocycles. The number of aliphatic hydroxyl groups excluding tert-OH is 4. The molecule has 1 heterocycles. The average Bonchev–Trinajstić information content (AvgIpc) is 0.839. The zero-order valence-corrected chi connectivity index (χ0v) is 85.7. The van der Waals surface area contributed by atoms with Crippen molar-refractivity contribution >= 4 is 170 Å². The summed E-state index contributed by atoms with van der Waals surface area (Å²) in [5.41, 5.74) is 23.3. The highest BCUT2D eigenvalue weighted by Crippen LogP contribution is 2.24. The molecule has 17 unspecified atom stereocenters. The largest absolute Gasteiger partial charge is 0.481 e. The third kappa shape index (κ3) is 51.8. The molecule has 0 spiro atoms. The molecule has 1 aromatic rings. The normalized spacial score (nSPS) is 23.1. The highest BCUT2D eigenvalue weighted by Gasteiger charge is 2.40. The number of guanidine groups is 2. The summed E-state index contributed by atoms with van der Waals surface area (Å²) in [6.07, 6.45) is 0.905. The van der Waals surface area contributed by atoms with Crippen LogP contribution >= 0.6 is 33.3 Å². The lowest BCUT2D eigenvalue weighted by Gasteiger charge is -2.29. The van der Waals surface area contributed by atoms with Crippen molar-refractivity contribution in [1.82, 2.24) is 112 Å². The second kappa shape index (κ2) is 71.2. The molecule has 2 rings (SSSR count). The number of hydrogen-bond acceptors (Lipinski definition) is 32. The number of benzene rings is 1.